The van der Waals surface area contributed by atoms with Crippen LogP contribution in [0.4, 0.5) is 13.2 Å². The summed E-state index contributed by atoms with van der Waals surface area (Å²) in [6, 6.07) is 14.1. The lowest BCUT2D eigenvalue weighted by atomic mass is 10.0. The van der Waals surface area contributed by atoms with E-state index < -0.39 is 23.6 Å². The van der Waals surface area contributed by atoms with Crippen molar-refractivity contribution in [2.24, 2.45) is 0 Å². The van der Waals surface area contributed by atoms with E-state index in [0.717, 1.165) is 12.1 Å². The van der Waals surface area contributed by atoms with Crippen LogP contribution in [0.15, 0.2) is 66.9 Å². The Morgan fingerprint density at radius 2 is 1.85 bits per heavy atom. The summed E-state index contributed by atoms with van der Waals surface area (Å²) in [6.07, 6.45) is 1.30. The summed E-state index contributed by atoms with van der Waals surface area (Å²) in [5.74, 6) is -2.41. The highest BCUT2D eigenvalue weighted by molar-refractivity contribution is 5.92. The van der Waals surface area contributed by atoms with Gasteiger partial charge in [0, 0.05) is 43.5 Å². The van der Waals surface area contributed by atoms with Gasteiger partial charge in [-0.3, -0.25) is 0 Å². The summed E-state index contributed by atoms with van der Waals surface area (Å²) < 4.78 is 56.1. The van der Waals surface area contributed by atoms with Gasteiger partial charge >= 0.3 is 5.97 Å². The largest absolute Gasteiger partial charge is 0.478 e. The number of halogens is 3. The molecule has 8 nitrogen and oxygen atoms in total. The number of methoxy groups -OCH3 is 1. The molecule has 0 spiro atoms. The first-order valence-corrected chi connectivity index (χ1v) is 12.2. The van der Waals surface area contributed by atoms with Crippen molar-refractivity contribution in [3.05, 3.63) is 107 Å². The predicted octanol–water partition coefficient (Wildman–Crippen LogP) is 5.43. The molecule has 204 valence electrons. The molecule has 0 unspecified atom stereocenters. The summed E-state index contributed by atoms with van der Waals surface area (Å²) in [4.78, 5) is 23.9. The van der Waals surface area contributed by atoms with Crippen LogP contribution < -0.4 is 4.74 Å². The number of rotatable bonds is 10. The SMILES string of the molecule is COCCn1c(Cc2cc(F)c(-c3cccc(OCc4ccc(F)nc4)n3)cc2F)nc2ccc(C(=O)O)cc21. The first-order valence-electron chi connectivity index (χ1n) is 12.2. The zero-order chi connectivity index (χ0) is 28.2. The number of aromatic nitrogens is 4. The maximum absolute atomic E-state index is 15.3. The second kappa shape index (κ2) is 11.5. The Morgan fingerprint density at radius 3 is 2.60 bits per heavy atom. The summed E-state index contributed by atoms with van der Waals surface area (Å²) in [7, 11) is 1.53. The van der Waals surface area contributed by atoms with Crippen LogP contribution in [0.25, 0.3) is 22.3 Å². The zero-order valence-electron chi connectivity index (χ0n) is 21.3. The van der Waals surface area contributed by atoms with Gasteiger partial charge in [0.05, 0.1) is 28.9 Å². The quantitative estimate of drug-likeness (QED) is 0.233. The van der Waals surface area contributed by atoms with Gasteiger partial charge in [-0.05, 0) is 54.1 Å². The van der Waals surface area contributed by atoms with Gasteiger partial charge in [-0.2, -0.15) is 4.39 Å². The molecular weight excluding hydrogens is 525 g/mol. The van der Waals surface area contributed by atoms with Gasteiger partial charge in [-0.15, -0.1) is 0 Å². The molecule has 0 saturated heterocycles. The molecule has 0 fully saturated rings. The number of pyridine rings is 2. The maximum Gasteiger partial charge on any atom is 0.335 e. The van der Waals surface area contributed by atoms with Gasteiger partial charge in [0.1, 0.15) is 24.1 Å². The number of carbonyl (C=O) groups is 1. The van der Waals surface area contributed by atoms with E-state index in [9.17, 15) is 14.3 Å². The van der Waals surface area contributed by atoms with E-state index in [2.05, 4.69) is 15.0 Å². The lowest BCUT2D eigenvalue weighted by Gasteiger charge is -2.12. The summed E-state index contributed by atoms with van der Waals surface area (Å²) in [5.41, 5.74) is 2.00. The van der Waals surface area contributed by atoms with Gasteiger partial charge < -0.3 is 19.1 Å². The van der Waals surface area contributed by atoms with Gasteiger partial charge in [0.25, 0.3) is 0 Å². The third-order valence-corrected chi connectivity index (χ3v) is 6.25. The van der Waals surface area contributed by atoms with Crippen molar-refractivity contribution in [2.45, 2.75) is 19.6 Å². The highest BCUT2D eigenvalue weighted by Gasteiger charge is 2.18. The molecule has 5 aromatic rings. The predicted molar refractivity (Wildman–Crippen MR) is 139 cm³/mol. The standard InChI is InChI=1S/C29H23F3N4O4/c1-39-10-9-36-25-12-18(29(37)38)6-7-24(25)34-27(36)13-19-11-22(31)20(14-21(19)30)23-3-2-4-28(35-23)40-16-17-5-8-26(32)33-15-17/h2-8,11-12,14-15H,9-10,13,16H2,1H3,(H,37,38). The molecule has 0 aliphatic carbocycles. The number of ether oxygens (including phenoxy) is 2. The second-order valence-electron chi connectivity index (χ2n) is 8.92. The molecular formula is C29H23F3N4O4. The van der Waals surface area contributed by atoms with Crippen molar-refractivity contribution < 1.29 is 32.5 Å². The van der Waals surface area contributed by atoms with Crippen LogP contribution in [0.5, 0.6) is 5.88 Å². The van der Waals surface area contributed by atoms with E-state index in [4.69, 9.17) is 9.47 Å². The molecule has 0 bridgehead atoms. The van der Waals surface area contributed by atoms with Crippen molar-refractivity contribution in [3.63, 3.8) is 0 Å². The van der Waals surface area contributed by atoms with Crippen molar-refractivity contribution in [2.75, 3.05) is 13.7 Å². The van der Waals surface area contributed by atoms with Crippen LogP contribution in [0.3, 0.4) is 0 Å². The molecule has 40 heavy (non-hydrogen) atoms. The van der Waals surface area contributed by atoms with Crippen LogP contribution in [0.2, 0.25) is 0 Å². The lowest BCUT2D eigenvalue weighted by Crippen LogP contribution is -2.10. The highest BCUT2D eigenvalue weighted by atomic mass is 19.1. The van der Waals surface area contributed by atoms with E-state index in [1.807, 2.05) is 0 Å². The number of carboxylic acids is 1. The fraction of sp³-hybridized carbons (Fsp3) is 0.172. The zero-order valence-corrected chi connectivity index (χ0v) is 21.3. The molecule has 3 aromatic heterocycles. The van der Waals surface area contributed by atoms with E-state index in [1.54, 1.807) is 22.8 Å². The van der Waals surface area contributed by atoms with E-state index in [1.165, 1.54) is 43.6 Å². The molecule has 3 heterocycles. The van der Waals surface area contributed by atoms with Crippen molar-refractivity contribution in [3.8, 4) is 17.1 Å². The van der Waals surface area contributed by atoms with Crippen molar-refractivity contribution >= 4 is 17.0 Å². The minimum Gasteiger partial charge on any atom is -0.478 e. The van der Waals surface area contributed by atoms with Gasteiger partial charge in [-0.25, -0.2) is 28.5 Å². The second-order valence-corrected chi connectivity index (χ2v) is 8.92. The number of aromatic carboxylic acids is 1. The number of hydrogen-bond donors (Lipinski definition) is 1. The molecule has 1 N–H and O–H groups in total. The first-order chi connectivity index (χ1) is 19.3. The normalized spacial score (nSPS) is 11.2. The van der Waals surface area contributed by atoms with Crippen LogP contribution in [0, 0.1) is 17.6 Å². The number of hydrogen-bond acceptors (Lipinski definition) is 6. The molecule has 0 aliphatic heterocycles. The Bertz CT molecular complexity index is 1690. The molecule has 11 heteroatoms. The third-order valence-electron chi connectivity index (χ3n) is 6.25. The van der Waals surface area contributed by atoms with Crippen LogP contribution >= 0.6 is 0 Å². The van der Waals surface area contributed by atoms with Crippen molar-refractivity contribution in [1.29, 1.82) is 0 Å². The molecule has 5 rings (SSSR count). The minimum atomic E-state index is -1.08. The molecule has 0 radical (unpaired) electrons. The van der Waals surface area contributed by atoms with Gasteiger partial charge in [-0.1, -0.05) is 6.07 Å². The smallest absolute Gasteiger partial charge is 0.335 e. The number of carboxylic acid groups (broad SMARTS) is 1. The number of nitrogens with zero attached hydrogens (tertiary/aromatic N) is 4. The molecule has 0 aliphatic rings. The average molecular weight is 549 g/mol. The van der Waals surface area contributed by atoms with E-state index in [-0.39, 0.29) is 41.3 Å². The van der Waals surface area contributed by atoms with Gasteiger partial charge in [0.15, 0.2) is 0 Å². The third kappa shape index (κ3) is 5.79. The molecule has 0 saturated carbocycles. The summed E-state index contributed by atoms with van der Waals surface area (Å²) >= 11 is 0. The van der Waals surface area contributed by atoms with E-state index in [0.29, 0.717) is 35.6 Å². The first kappa shape index (κ1) is 26.8. The number of imidazole rings is 1. The van der Waals surface area contributed by atoms with E-state index >= 15 is 8.78 Å². The average Bonchev–Trinajstić information content (AvgIpc) is 3.29. The number of fused-ring (bicyclic) bond motifs is 1. The van der Waals surface area contributed by atoms with Gasteiger partial charge in [0.2, 0.25) is 11.8 Å². The molecule has 2 aromatic carbocycles. The number of benzene rings is 2. The Balaban J connectivity index is 1.41. The maximum atomic E-state index is 15.3. The monoisotopic (exact) mass is 548 g/mol. The van der Waals surface area contributed by atoms with Crippen LogP contribution in [0.1, 0.15) is 27.3 Å². The fourth-order valence-electron chi connectivity index (χ4n) is 4.26. The Hall–Kier alpha value is -4.77. The highest BCUT2D eigenvalue weighted by Crippen LogP contribution is 2.28. The summed E-state index contributed by atoms with van der Waals surface area (Å²) in [5, 5.41) is 9.37. The summed E-state index contributed by atoms with van der Waals surface area (Å²) in [6.45, 7) is 0.725. The van der Waals surface area contributed by atoms with Crippen LogP contribution in [-0.4, -0.2) is 44.3 Å². The Morgan fingerprint density at radius 1 is 1.00 bits per heavy atom. The lowest BCUT2D eigenvalue weighted by molar-refractivity contribution is 0.0697. The van der Waals surface area contributed by atoms with Crippen LogP contribution in [-0.2, 0) is 24.3 Å². The van der Waals surface area contributed by atoms with Crippen molar-refractivity contribution in [1.82, 2.24) is 19.5 Å². The topological polar surface area (TPSA) is 99.4 Å². The fourth-order valence-corrected chi connectivity index (χ4v) is 4.26. The Kier molecular flexibility index (Phi) is 7.74. The minimum absolute atomic E-state index is 0.0356. The molecule has 0 atom stereocenters. The molecule has 0 amide bonds. The Labute approximate surface area is 226 Å².